The number of likely N-dealkylation sites (tertiary alicyclic amines) is 1. The van der Waals surface area contributed by atoms with Crippen molar-refractivity contribution < 1.29 is 4.79 Å². The molecule has 1 aliphatic heterocycles. The second kappa shape index (κ2) is 5.19. The summed E-state index contributed by atoms with van der Waals surface area (Å²) in [6.45, 7) is 1.68. The fraction of sp³-hybridized carbons (Fsp3) is 0.417. The molecule has 1 unspecified atom stereocenters. The molecule has 0 saturated carbocycles. The molecule has 4 heteroatoms. The van der Waals surface area contributed by atoms with Crippen LogP contribution >= 0.6 is 27.5 Å². The third-order valence-electron chi connectivity index (χ3n) is 2.73. The first kappa shape index (κ1) is 11.9. The van der Waals surface area contributed by atoms with Gasteiger partial charge in [-0.1, -0.05) is 39.7 Å². The summed E-state index contributed by atoms with van der Waals surface area (Å²) in [5, 5.41) is 0.685. The summed E-state index contributed by atoms with van der Waals surface area (Å²) in [5.41, 5.74) is 0.982. The molecule has 1 heterocycles. The molecule has 0 aromatic heterocycles. The first-order chi connectivity index (χ1) is 7.65. The van der Waals surface area contributed by atoms with Crippen LogP contribution in [0.15, 0.2) is 24.3 Å². The highest BCUT2D eigenvalue weighted by atomic mass is 79.9. The summed E-state index contributed by atoms with van der Waals surface area (Å²) in [4.78, 5) is 14.3. The topological polar surface area (TPSA) is 20.3 Å². The fourth-order valence-corrected chi connectivity index (χ4v) is 2.64. The molecule has 1 amide bonds. The summed E-state index contributed by atoms with van der Waals surface area (Å²) in [6, 6.07) is 7.48. The summed E-state index contributed by atoms with van der Waals surface area (Å²) in [5.74, 6) is 0.184. The highest BCUT2D eigenvalue weighted by Crippen LogP contribution is 2.18. The molecule has 1 saturated heterocycles. The third kappa shape index (κ3) is 2.98. The first-order valence-corrected chi connectivity index (χ1v) is 6.61. The number of nitrogens with zero attached hydrogens (tertiary/aromatic N) is 1. The second-order valence-electron chi connectivity index (χ2n) is 4.03. The Bertz CT molecular complexity index is 396. The third-order valence-corrected chi connectivity index (χ3v) is 3.71. The Morgan fingerprint density at radius 3 is 3.00 bits per heavy atom. The van der Waals surface area contributed by atoms with Crippen molar-refractivity contribution in [2.45, 2.75) is 17.7 Å². The van der Waals surface area contributed by atoms with Crippen LogP contribution in [0.2, 0.25) is 5.02 Å². The van der Waals surface area contributed by atoms with Crippen LogP contribution < -0.4 is 0 Å². The minimum Gasteiger partial charge on any atom is -0.341 e. The lowest BCUT2D eigenvalue weighted by molar-refractivity contribution is -0.129. The van der Waals surface area contributed by atoms with E-state index in [0.29, 0.717) is 16.3 Å². The van der Waals surface area contributed by atoms with Gasteiger partial charge < -0.3 is 4.90 Å². The average Bonchev–Trinajstić information content (AvgIpc) is 2.65. The van der Waals surface area contributed by atoms with Crippen molar-refractivity contribution in [3.63, 3.8) is 0 Å². The van der Waals surface area contributed by atoms with Crippen LogP contribution in [0, 0.1) is 0 Å². The van der Waals surface area contributed by atoms with Crippen LogP contribution in [0.5, 0.6) is 0 Å². The normalized spacial score (nSPS) is 20.1. The van der Waals surface area contributed by atoms with Gasteiger partial charge in [0.05, 0.1) is 6.42 Å². The number of carbonyl (C=O) groups is 1. The number of hydrogen-bond donors (Lipinski definition) is 0. The van der Waals surface area contributed by atoms with E-state index < -0.39 is 0 Å². The summed E-state index contributed by atoms with van der Waals surface area (Å²) >= 11 is 9.41. The molecular formula is C12H13BrClNO. The van der Waals surface area contributed by atoms with Crippen LogP contribution in [-0.2, 0) is 11.2 Å². The number of amides is 1. The number of alkyl halides is 1. The van der Waals surface area contributed by atoms with Crippen LogP contribution in [-0.4, -0.2) is 28.7 Å². The predicted molar refractivity (Wildman–Crippen MR) is 69.1 cm³/mol. The van der Waals surface area contributed by atoms with Crippen LogP contribution in [0.25, 0.3) is 0 Å². The Hall–Kier alpha value is -0.540. The van der Waals surface area contributed by atoms with Gasteiger partial charge in [0.1, 0.15) is 0 Å². The summed E-state index contributed by atoms with van der Waals surface area (Å²) in [6.07, 6.45) is 1.49. The minimum absolute atomic E-state index is 0.184. The van der Waals surface area contributed by atoms with Crippen molar-refractivity contribution in [1.82, 2.24) is 4.90 Å². The van der Waals surface area contributed by atoms with Crippen molar-refractivity contribution >= 4 is 33.4 Å². The van der Waals surface area contributed by atoms with E-state index in [-0.39, 0.29) is 5.91 Å². The van der Waals surface area contributed by atoms with E-state index in [0.717, 1.165) is 25.1 Å². The lowest BCUT2D eigenvalue weighted by Crippen LogP contribution is -2.30. The highest BCUT2D eigenvalue weighted by Gasteiger charge is 2.23. The zero-order valence-corrected chi connectivity index (χ0v) is 11.2. The summed E-state index contributed by atoms with van der Waals surface area (Å²) < 4.78 is 0. The van der Waals surface area contributed by atoms with Gasteiger partial charge in [-0.25, -0.2) is 0 Å². The Kier molecular flexibility index (Phi) is 3.87. The van der Waals surface area contributed by atoms with E-state index in [1.165, 1.54) is 0 Å². The van der Waals surface area contributed by atoms with Crippen LogP contribution in [0.4, 0.5) is 0 Å². The number of carbonyl (C=O) groups excluding carboxylic acids is 1. The number of hydrogen-bond acceptors (Lipinski definition) is 1. The van der Waals surface area contributed by atoms with Gasteiger partial charge in [-0.05, 0) is 24.1 Å². The van der Waals surface area contributed by atoms with Gasteiger partial charge in [-0.2, -0.15) is 0 Å². The second-order valence-corrected chi connectivity index (χ2v) is 5.76. The molecule has 0 bridgehead atoms. The predicted octanol–water partition coefficient (Wildman–Crippen LogP) is 2.88. The zero-order valence-electron chi connectivity index (χ0n) is 8.83. The summed E-state index contributed by atoms with van der Waals surface area (Å²) in [7, 11) is 0. The van der Waals surface area contributed by atoms with E-state index in [2.05, 4.69) is 15.9 Å². The lowest BCUT2D eigenvalue weighted by Gasteiger charge is -2.15. The maximum Gasteiger partial charge on any atom is 0.227 e. The maximum absolute atomic E-state index is 11.9. The molecule has 1 fully saturated rings. The molecule has 0 spiro atoms. The highest BCUT2D eigenvalue weighted by molar-refractivity contribution is 9.09. The molecule has 2 rings (SSSR count). The van der Waals surface area contributed by atoms with Crippen molar-refractivity contribution in [2.75, 3.05) is 13.1 Å². The molecule has 1 aliphatic rings. The van der Waals surface area contributed by atoms with Crippen molar-refractivity contribution in [3.05, 3.63) is 34.9 Å². The van der Waals surface area contributed by atoms with Gasteiger partial charge in [-0.15, -0.1) is 0 Å². The lowest BCUT2D eigenvalue weighted by atomic mass is 10.1. The van der Waals surface area contributed by atoms with E-state index in [1.54, 1.807) is 0 Å². The zero-order chi connectivity index (χ0) is 11.5. The molecule has 16 heavy (non-hydrogen) atoms. The van der Waals surface area contributed by atoms with Crippen molar-refractivity contribution in [1.29, 1.82) is 0 Å². The number of rotatable bonds is 2. The molecule has 0 radical (unpaired) electrons. The Morgan fingerprint density at radius 1 is 1.56 bits per heavy atom. The molecule has 1 aromatic rings. The SMILES string of the molecule is O=C(Cc1cccc(Cl)c1)N1CCC(Br)C1. The van der Waals surface area contributed by atoms with Crippen molar-refractivity contribution in [2.24, 2.45) is 0 Å². The van der Waals surface area contributed by atoms with E-state index in [1.807, 2.05) is 29.2 Å². The smallest absolute Gasteiger partial charge is 0.227 e. The van der Waals surface area contributed by atoms with Gasteiger partial charge in [0.2, 0.25) is 5.91 Å². The maximum atomic E-state index is 11.9. The molecule has 2 nitrogen and oxygen atoms in total. The molecule has 1 atom stereocenters. The van der Waals surface area contributed by atoms with Gasteiger partial charge >= 0.3 is 0 Å². The monoisotopic (exact) mass is 301 g/mol. The minimum atomic E-state index is 0.184. The number of halogens is 2. The van der Waals surface area contributed by atoms with Gasteiger partial charge in [0, 0.05) is 22.9 Å². The molecule has 1 aromatic carbocycles. The number of benzene rings is 1. The van der Waals surface area contributed by atoms with Gasteiger partial charge in [-0.3, -0.25) is 4.79 Å². The Morgan fingerprint density at radius 2 is 2.38 bits per heavy atom. The van der Waals surface area contributed by atoms with Crippen LogP contribution in [0.3, 0.4) is 0 Å². The average molecular weight is 303 g/mol. The van der Waals surface area contributed by atoms with E-state index >= 15 is 0 Å². The molecular weight excluding hydrogens is 289 g/mol. The Labute approximate surface area is 109 Å². The Balaban J connectivity index is 1.97. The van der Waals surface area contributed by atoms with E-state index in [9.17, 15) is 4.79 Å². The van der Waals surface area contributed by atoms with Gasteiger partial charge in [0.15, 0.2) is 0 Å². The van der Waals surface area contributed by atoms with Crippen LogP contribution in [0.1, 0.15) is 12.0 Å². The quantitative estimate of drug-likeness (QED) is 0.769. The standard InChI is InChI=1S/C12H13BrClNO/c13-10-4-5-15(8-10)12(16)7-9-2-1-3-11(14)6-9/h1-3,6,10H,4-5,7-8H2. The van der Waals surface area contributed by atoms with E-state index in [4.69, 9.17) is 11.6 Å². The largest absolute Gasteiger partial charge is 0.341 e. The molecule has 0 aliphatic carbocycles. The molecule has 0 N–H and O–H groups in total. The molecule has 86 valence electrons. The first-order valence-electron chi connectivity index (χ1n) is 5.31. The fourth-order valence-electron chi connectivity index (χ4n) is 1.88. The van der Waals surface area contributed by atoms with Crippen molar-refractivity contribution in [3.8, 4) is 0 Å². The van der Waals surface area contributed by atoms with Gasteiger partial charge in [0.25, 0.3) is 0 Å².